The van der Waals surface area contributed by atoms with Gasteiger partial charge in [0.1, 0.15) is 5.01 Å². The molecule has 1 N–H and O–H groups in total. The summed E-state index contributed by atoms with van der Waals surface area (Å²) in [5.41, 5.74) is 0. The molecule has 8 heteroatoms. The van der Waals surface area contributed by atoms with Crippen molar-refractivity contribution in [3.63, 3.8) is 0 Å². The van der Waals surface area contributed by atoms with Gasteiger partial charge in [0.25, 0.3) is 0 Å². The summed E-state index contributed by atoms with van der Waals surface area (Å²) < 4.78 is 0. The van der Waals surface area contributed by atoms with Crippen LogP contribution in [0.4, 0.5) is 5.13 Å². The van der Waals surface area contributed by atoms with E-state index in [1.165, 1.54) is 16.2 Å². The predicted molar refractivity (Wildman–Crippen MR) is 93.9 cm³/mol. The van der Waals surface area contributed by atoms with E-state index in [1.807, 2.05) is 0 Å². The summed E-state index contributed by atoms with van der Waals surface area (Å²) in [5, 5.41) is 12.1. The molecule has 1 aromatic rings. The smallest absolute Gasteiger partial charge is 0.233 e. The lowest BCUT2D eigenvalue weighted by molar-refractivity contribution is -0.140. The lowest BCUT2D eigenvalue weighted by Gasteiger charge is -2.19. The molecule has 0 radical (unpaired) electrons. The second-order valence-electron chi connectivity index (χ2n) is 7.22. The molecule has 2 aliphatic rings. The highest BCUT2D eigenvalue weighted by Crippen LogP contribution is 2.37. The number of hydrogen-bond donors (Lipinski definition) is 1. The van der Waals surface area contributed by atoms with Gasteiger partial charge in [-0.1, -0.05) is 38.0 Å². The lowest BCUT2D eigenvalue weighted by atomic mass is 9.81. The quantitative estimate of drug-likeness (QED) is 0.782. The zero-order valence-electron chi connectivity index (χ0n) is 14.7. The van der Waals surface area contributed by atoms with Crippen molar-refractivity contribution in [3.05, 3.63) is 5.01 Å². The fourth-order valence-corrected chi connectivity index (χ4v) is 4.55. The van der Waals surface area contributed by atoms with Crippen molar-refractivity contribution in [2.75, 3.05) is 11.9 Å². The first kappa shape index (κ1) is 18.0. The number of likely N-dealkylation sites (tertiary alicyclic amines) is 1. The molecule has 2 atom stereocenters. The third-order valence-corrected chi connectivity index (χ3v) is 5.65. The monoisotopic (exact) mass is 364 g/mol. The molecular weight excluding hydrogens is 340 g/mol. The summed E-state index contributed by atoms with van der Waals surface area (Å²) in [6.07, 6.45) is 4.51. The molecule has 25 heavy (non-hydrogen) atoms. The van der Waals surface area contributed by atoms with Gasteiger partial charge in [-0.15, -0.1) is 10.2 Å². The van der Waals surface area contributed by atoms with Crippen LogP contribution in [0.3, 0.4) is 0 Å². The van der Waals surface area contributed by atoms with E-state index < -0.39 is 0 Å². The van der Waals surface area contributed by atoms with E-state index in [1.54, 1.807) is 0 Å². The largest absolute Gasteiger partial charge is 0.300 e. The molecule has 1 saturated carbocycles. The fourth-order valence-electron chi connectivity index (χ4n) is 3.58. The molecule has 2 fully saturated rings. The first-order valence-corrected chi connectivity index (χ1v) is 9.75. The van der Waals surface area contributed by atoms with Gasteiger partial charge in [0.05, 0.1) is 11.8 Å². The number of aromatic nitrogens is 2. The number of fused-ring (bicyclic) bond motifs is 1. The van der Waals surface area contributed by atoms with Gasteiger partial charge < -0.3 is 5.32 Å². The Labute approximate surface area is 151 Å². The number of amides is 3. The van der Waals surface area contributed by atoms with Crippen LogP contribution in [0.15, 0.2) is 0 Å². The maximum absolute atomic E-state index is 12.4. The number of rotatable bonds is 6. The van der Waals surface area contributed by atoms with E-state index >= 15 is 0 Å². The van der Waals surface area contributed by atoms with Crippen LogP contribution in [-0.4, -0.2) is 39.4 Å². The first-order valence-electron chi connectivity index (χ1n) is 8.93. The average Bonchev–Trinajstić information content (AvgIpc) is 3.09. The van der Waals surface area contributed by atoms with E-state index in [4.69, 9.17) is 0 Å². The highest BCUT2D eigenvalue weighted by Gasteiger charge is 2.47. The normalized spacial score (nSPS) is 23.2. The molecule has 0 spiro atoms. The van der Waals surface area contributed by atoms with Crippen LogP contribution in [0.1, 0.15) is 51.0 Å². The van der Waals surface area contributed by atoms with Crippen LogP contribution in [-0.2, 0) is 20.8 Å². The van der Waals surface area contributed by atoms with E-state index in [0.29, 0.717) is 11.0 Å². The van der Waals surface area contributed by atoms with E-state index in [0.717, 1.165) is 37.1 Å². The van der Waals surface area contributed by atoms with Gasteiger partial charge in [-0.2, -0.15) is 0 Å². The fraction of sp³-hybridized carbons (Fsp3) is 0.706. The van der Waals surface area contributed by atoms with Crippen molar-refractivity contribution >= 4 is 34.2 Å². The highest BCUT2D eigenvalue weighted by atomic mass is 32.1. The summed E-state index contributed by atoms with van der Waals surface area (Å²) in [4.78, 5) is 38.1. The minimum atomic E-state index is -0.247. The maximum atomic E-state index is 12.4. The first-order chi connectivity index (χ1) is 12.0. The van der Waals surface area contributed by atoms with Gasteiger partial charge >= 0.3 is 0 Å². The Kier molecular flexibility index (Phi) is 5.46. The third-order valence-electron chi connectivity index (χ3n) is 4.79. The molecule has 0 aromatic carbocycles. The van der Waals surface area contributed by atoms with E-state index in [9.17, 15) is 14.4 Å². The van der Waals surface area contributed by atoms with Crippen molar-refractivity contribution < 1.29 is 14.4 Å². The summed E-state index contributed by atoms with van der Waals surface area (Å²) in [6, 6.07) is 0. The molecule has 1 aromatic heterocycles. The van der Waals surface area contributed by atoms with Crippen molar-refractivity contribution in [1.29, 1.82) is 0 Å². The van der Waals surface area contributed by atoms with Crippen LogP contribution < -0.4 is 5.32 Å². The van der Waals surface area contributed by atoms with Gasteiger partial charge in [-0.25, -0.2) is 0 Å². The Morgan fingerprint density at radius 1 is 1.20 bits per heavy atom. The van der Waals surface area contributed by atoms with Crippen molar-refractivity contribution in [2.45, 2.75) is 52.4 Å². The molecule has 2 heterocycles. The number of carbonyl (C=O) groups is 3. The molecule has 0 bridgehead atoms. The Morgan fingerprint density at radius 3 is 2.44 bits per heavy atom. The number of imide groups is 1. The average molecular weight is 364 g/mol. The zero-order valence-corrected chi connectivity index (χ0v) is 15.5. The minimum Gasteiger partial charge on any atom is -0.300 e. The summed E-state index contributed by atoms with van der Waals surface area (Å²) in [6.45, 7) is 4.34. The second-order valence-corrected chi connectivity index (χ2v) is 8.28. The van der Waals surface area contributed by atoms with Crippen molar-refractivity contribution in [3.8, 4) is 0 Å². The number of hydrogen-bond acceptors (Lipinski definition) is 6. The minimum absolute atomic E-state index is 0.0933. The van der Waals surface area contributed by atoms with Crippen molar-refractivity contribution in [1.82, 2.24) is 15.1 Å². The van der Waals surface area contributed by atoms with Gasteiger partial charge in [-0.05, 0) is 18.8 Å². The van der Waals surface area contributed by atoms with Crippen molar-refractivity contribution in [2.24, 2.45) is 17.8 Å². The van der Waals surface area contributed by atoms with Crippen LogP contribution in [0.2, 0.25) is 0 Å². The molecule has 3 amide bonds. The van der Waals surface area contributed by atoms with Gasteiger partial charge in [0, 0.05) is 19.4 Å². The Balaban J connectivity index is 1.51. The van der Waals surface area contributed by atoms with Crippen LogP contribution >= 0.6 is 11.3 Å². The van der Waals surface area contributed by atoms with Crippen LogP contribution in [0, 0.1) is 17.8 Å². The summed E-state index contributed by atoms with van der Waals surface area (Å²) in [5.74, 6) is -0.289. The third kappa shape index (κ3) is 4.05. The predicted octanol–water partition coefficient (Wildman–Crippen LogP) is 2.24. The second kappa shape index (κ2) is 7.59. The molecule has 2 unspecified atom stereocenters. The molecule has 7 nitrogen and oxygen atoms in total. The molecule has 1 aliphatic heterocycles. The molecule has 3 rings (SSSR count). The topological polar surface area (TPSA) is 92.3 Å². The number of nitrogens with one attached hydrogen (secondary N) is 1. The Hall–Kier alpha value is -1.83. The zero-order chi connectivity index (χ0) is 18.0. The molecule has 136 valence electrons. The Morgan fingerprint density at radius 2 is 1.84 bits per heavy atom. The molecular formula is C17H24N4O3S. The molecule has 1 aliphatic carbocycles. The van der Waals surface area contributed by atoms with E-state index in [2.05, 4.69) is 29.4 Å². The van der Waals surface area contributed by atoms with Gasteiger partial charge in [0.15, 0.2) is 0 Å². The number of nitrogens with zero attached hydrogens (tertiary/aromatic N) is 3. The molecule has 1 saturated heterocycles. The number of anilines is 1. The van der Waals surface area contributed by atoms with Gasteiger partial charge in [-0.3, -0.25) is 19.3 Å². The SMILES string of the molecule is CC(C)Cc1nnc(NC(=O)CCN2C(=O)C3CCCCC3C2=O)s1. The van der Waals surface area contributed by atoms with Crippen LogP contribution in [0.25, 0.3) is 0 Å². The number of carbonyl (C=O) groups excluding carboxylic acids is 3. The summed E-state index contributed by atoms with van der Waals surface area (Å²) >= 11 is 1.36. The maximum Gasteiger partial charge on any atom is 0.233 e. The lowest BCUT2D eigenvalue weighted by Crippen LogP contribution is -2.34. The highest BCUT2D eigenvalue weighted by molar-refractivity contribution is 7.15. The van der Waals surface area contributed by atoms with Gasteiger partial charge in [0.2, 0.25) is 22.9 Å². The Bertz CT molecular complexity index is 649. The standard InChI is InChI=1S/C17H24N4O3S/c1-10(2)9-14-19-20-17(25-14)18-13(22)7-8-21-15(23)11-5-3-4-6-12(11)16(21)24/h10-12H,3-9H2,1-2H3,(H,18,20,22). The van der Waals surface area contributed by atoms with Crippen LogP contribution in [0.5, 0.6) is 0 Å². The summed E-state index contributed by atoms with van der Waals surface area (Å²) in [7, 11) is 0. The van der Waals surface area contributed by atoms with E-state index in [-0.39, 0.29) is 42.5 Å².